The normalized spacial score (nSPS) is 17.9. The van der Waals surface area contributed by atoms with Crippen LogP contribution >= 0.6 is 27.3 Å². The first-order valence-electron chi connectivity index (χ1n) is 7.59. The zero-order valence-electron chi connectivity index (χ0n) is 11.8. The van der Waals surface area contributed by atoms with Crippen LogP contribution in [0.2, 0.25) is 0 Å². The zero-order valence-corrected chi connectivity index (χ0v) is 14.2. The Kier molecular flexibility index (Phi) is 4.49. The molecule has 1 heterocycles. The summed E-state index contributed by atoms with van der Waals surface area (Å²) in [5.41, 5.74) is 7.91. The van der Waals surface area contributed by atoms with E-state index >= 15 is 0 Å². The van der Waals surface area contributed by atoms with E-state index in [2.05, 4.69) is 39.5 Å². The molecular weight excluding hydrogens is 330 g/mol. The predicted octanol–water partition coefficient (Wildman–Crippen LogP) is 5.51. The summed E-state index contributed by atoms with van der Waals surface area (Å²) >= 11 is 5.52. The van der Waals surface area contributed by atoms with E-state index in [-0.39, 0.29) is 0 Å². The van der Waals surface area contributed by atoms with Crippen LogP contribution < -0.4 is 5.73 Å². The Labute approximate surface area is 133 Å². The van der Waals surface area contributed by atoms with E-state index < -0.39 is 0 Å². The van der Waals surface area contributed by atoms with Gasteiger partial charge in [0.25, 0.3) is 0 Å². The molecule has 3 rings (SSSR count). The molecule has 0 atom stereocenters. The third kappa shape index (κ3) is 2.81. The van der Waals surface area contributed by atoms with Gasteiger partial charge in [0.2, 0.25) is 0 Å². The monoisotopic (exact) mass is 351 g/mol. The molecule has 1 saturated carbocycles. The van der Waals surface area contributed by atoms with Crippen LogP contribution in [0.5, 0.6) is 0 Å². The summed E-state index contributed by atoms with van der Waals surface area (Å²) in [6, 6.07) is 6.54. The number of rotatable bonds is 5. The first-order valence-corrected chi connectivity index (χ1v) is 9.26. The SMILES string of the molecule is NCCC1(CCc2csc3c(Br)cccc23)CCCC1. The number of fused-ring (bicyclic) bond motifs is 1. The van der Waals surface area contributed by atoms with Crippen LogP contribution in [0.3, 0.4) is 0 Å². The van der Waals surface area contributed by atoms with Crippen molar-refractivity contribution in [3.63, 3.8) is 0 Å². The van der Waals surface area contributed by atoms with Crippen molar-refractivity contribution in [1.82, 2.24) is 0 Å². The first-order chi connectivity index (χ1) is 9.74. The fourth-order valence-corrected chi connectivity index (χ4v) is 5.38. The van der Waals surface area contributed by atoms with E-state index in [1.807, 2.05) is 11.3 Å². The maximum atomic E-state index is 5.85. The van der Waals surface area contributed by atoms with Gasteiger partial charge in [-0.05, 0) is 82.4 Å². The maximum Gasteiger partial charge on any atom is 0.0487 e. The van der Waals surface area contributed by atoms with Gasteiger partial charge < -0.3 is 5.73 Å². The average molecular weight is 352 g/mol. The van der Waals surface area contributed by atoms with Crippen LogP contribution in [0.4, 0.5) is 0 Å². The van der Waals surface area contributed by atoms with Crippen molar-refractivity contribution >= 4 is 37.4 Å². The molecule has 20 heavy (non-hydrogen) atoms. The average Bonchev–Trinajstić information content (AvgIpc) is 3.05. The van der Waals surface area contributed by atoms with Crippen molar-refractivity contribution in [3.8, 4) is 0 Å². The second kappa shape index (κ2) is 6.17. The molecule has 1 nitrogen and oxygen atoms in total. The van der Waals surface area contributed by atoms with Gasteiger partial charge in [-0.2, -0.15) is 0 Å². The first kappa shape index (κ1) is 14.6. The number of halogens is 1. The van der Waals surface area contributed by atoms with E-state index in [0.717, 1.165) is 6.54 Å². The van der Waals surface area contributed by atoms with Gasteiger partial charge in [0.05, 0.1) is 0 Å². The van der Waals surface area contributed by atoms with Gasteiger partial charge in [-0.3, -0.25) is 0 Å². The largest absolute Gasteiger partial charge is 0.330 e. The molecule has 1 aliphatic carbocycles. The van der Waals surface area contributed by atoms with Crippen LogP contribution in [-0.2, 0) is 6.42 Å². The summed E-state index contributed by atoms with van der Waals surface area (Å²) in [6.07, 6.45) is 9.29. The Balaban J connectivity index is 1.78. The minimum Gasteiger partial charge on any atom is -0.330 e. The third-order valence-corrected chi connectivity index (χ3v) is 6.90. The fraction of sp³-hybridized carbons (Fsp3) is 0.529. The van der Waals surface area contributed by atoms with Crippen molar-refractivity contribution in [1.29, 1.82) is 0 Å². The number of nitrogens with two attached hydrogens (primary N) is 1. The molecule has 0 saturated heterocycles. The quantitative estimate of drug-likeness (QED) is 0.755. The number of hydrogen-bond donors (Lipinski definition) is 1. The number of hydrogen-bond acceptors (Lipinski definition) is 2. The van der Waals surface area contributed by atoms with Gasteiger partial charge in [0.1, 0.15) is 0 Å². The molecule has 0 radical (unpaired) electrons. The lowest BCUT2D eigenvalue weighted by Crippen LogP contribution is -2.21. The van der Waals surface area contributed by atoms with E-state index in [1.165, 1.54) is 65.1 Å². The number of benzene rings is 1. The highest BCUT2D eigenvalue weighted by molar-refractivity contribution is 9.10. The van der Waals surface area contributed by atoms with Crippen LogP contribution in [-0.4, -0.2) is 6.54 Å². The Morgan fingerprint density at radius 2 is 2.00 bits per heavy atom. The van der Waals surface area contributed by atoms with Crippen LogP contribution in [0.25, 0.3) is 10.1 Å². The smallest absolute Gasteiger partial charge is 0.0487 e. The summed E-state index contributed by atoms with van der Waals surface area (Å²) in [6.45, 7) is 0.843. The Morgan fingerprint density at radius 1 is 1.20 bits per heavy atom. The second-order valence-corrected chi connectivity index (χ2v) is 7.86. The van der Waals surface area contributed by atoms with Crippen LogP contribution in [0, 0.1) is 5.41 Å². The van der Waals surface area contributed by atoms with E-state index in [9.17, 15) is 0 Å². The van der Waals surface area contributed by atoms with Crippen LogP contribution in [0.1, 0.15) is 44.1 Å². The molecule has 2 N–H and O–H groups in total. The van der Waals surface area contributed by atoms with Crippen molar-refractivity contribution in [3.05, 3.63) is 33.6 Å². The molecule has 0 aliphatic heterocycles. The summed E-state index contributed by atoms with van der Waals surface area (Å²) in [4.78, 5) is 0. The van der Waals surface area contributed by atoms with Crippen molar-refractivity contribution in [2.24, 2.45) is 11.1 Å². The molecule has 0 amide bonds. The van der Waals surface area contributed by atoms with Gasteiger partial charge in [-0.25, -0.2) is 0 Å². The van der Waals surface area contributed by atoms with Gasteiger partial charge in [0, 0.05) is 9.17 Å². The van der Waals surface area contributed by atoms with Crippen LogP contribution in [0.15, 0.2) is 28.1 Å². The van der Waals surface area contributed by atoms with E-state index in [0.29, 0.717) is 5.41 Å². The molecule has 0 spiro atoms. The van der Waals surface area contributed by atoms with Gasteiger partial charge in [0.15, 0.2) is 0 Å². The number of aryl methyl sites for hydroxylation is 1. The highest BCUT2D eigenvalue weighted by atomic mass is 79.9. The molecule has 3 heteroatoms. The molecule has 1 aliphatic rings. The van der Waals surface area contributed by atoms with Gasteiger partial charge in [-0.1, -0.05) is 25.0 Å². The van der Waals surface area contributed by atoms with Gasteiger partial charge in [-0.15, -0.1) is 11.3 Å². The highest BCUT2D eigenvalue weighted by Gasteiger charge is 2.32. The summed E-state index contributed by atoms with van der Waals surface area (Å²) < 4.78 is 2.62. The lowest BCUT2D eigenvalue weighted by Gasteiger charge is -2.28. The molecule has 1 aromatic heterocycles. The van der Waals surface area contributed by atoms with Crippen molar-refractivity contribution in [2.75, 3.05) is 6.54 Å². The summed E-state index contributed by atoms with van der Waals surface area (Å²) in [5.74, 6) is 0. The molecule has 2 aromatic rings. The molecule has 0 bridgehead atoms. The number of thiophene rings is 1. The molecule has 108 valence electrons. The maximum absolute atomic E-state index is 5.85. The Morgan fingerprint density at radius 3 is 2.75 bits per heavy atom. The lowest BCUT2D eigenvalue weighted by molar-refractivity contribution is 0.253. The van der Waals surface area contributed by atoms with E-state index in [1.54, 1.807) is 0 Å². The van der Waals surface area contributed by atoms with Crippen molar-refractivity contribution in [2.45, 2.75) is 44.9 Å². The minimum atomic E-state index is 0.537. The summed E-state index contributed by atoms with van der Waals surface area (Å²) in [7, 11) is 0. The summed E-state index contributed by atoms with van der Waals surface area (Å²) in [5, 5.41) is 3.78. The standard InChI is InChI=1S/C17H22BrNS/c18-15-5-3-4-14-13(12-20-16(14)15)6-9-17(10-11-19)7-1-2-8-17/h3-5,12H,1-2,6-11,19H2. The predicted molar refractivity (Wildman–Crippen MR) is 92.4 cm³/mol. The Bertz CT molecular complexity index is 584. The fourth-order valence-electron chi connectivity index (χ4n) is 3.72. The highest BCUT2D eigenvalue weighted by Crippen LogP contribution is 2.45. The van der Waals surface area contributed by atoms with Gasteiger partial charge >= 0.3 is 0 Å². The molecule has 0 unspecified atom stereocenters. The van der Waals surface area contributed by atoms with E-state index in [4.69, 9.17) is 5.73 Å². The second-order valence-electron chi connectivity index (χ2n) is 6.12. The lowest BCUT2D eigenvalue weighted by atomic mass is 9.77. The van der Waals surface area contributed by atoms with Crippen molar-refractivity contribution < 1.29 is 0 Å². The zero-order chi connectivity index (χ0) is 14.0. The molecule has 1 aromatic carbocycles. The molecular formula is C17H22BrNS. The Hall–Kier alpha value is -0.380. The minimum absolute atomic E-state index is 0.537. The third-order valence-electron chi connectivity index (χ3n) is 4.90. The molecule has 1 fully saturated rings. The topological polar surface area (TPSA) is 26.0 Å².